The first-order chi connectivity index (χ1) is 18.9. The molecule has 1 saturated heterocycles. The number of Topliss-reactive ketones (excluding diaryl/α,β-unsaturated/α-hetero) is 1. The van der Waals surface area contributed by atoms with Crippen LogP contribution in [-0.4, -0.2) is 67.2 Å². The normalized spacial score (nSPS) is 14.2. The molecule has 0 saturated carbocycles. The molecule has 0 bridgehead atoms. The van der Waals surface area contributed by atoms with Crippen LogP contribution in [0.4, 0.5) is 10.7 Å². The second kappa shape index (κ2) is 11.5. The highest BCUT2D eigenvalue weighted by atomic mass is 16.6. The van der Waals surface area contributed by atoms with Crippen LogP contribution in [0.3, 0.4) is 0 Å². The fourth-order valence-corrected chi connectivity index (χ4v) is 4.67. The molecule has 11 nitrogen and oxygen atoms in total. The first-order valence-corrected chi connectivity index (χ1v) is 13.5. The Balaban J connectivity index is 1.76. The van der Waals surface area contributed by atoms with Crippen molar-refractivity contribution in [2.45, 2.75) is 59.7 Å². The minimum atomic E-state index is -0.604. The number of nitrogens with zero attached hydrogens (tertiary/aromatic N) is 6. The van der Waals surface area contributed by atoms with Gasteiger partial charge in [0.2, 0.25) is 5.95 Å². The molecule has 0 unspecified atom stereocenters. The molecule has 1 aliphatic heterocycles. The van der Waals surface area contributed by atoms with Gasteiger partial charge in [0.05, 0.1) is 6.54 Å². The molecule has 1 aromatic carbocycles. The average molecular weight is 551 g/mol. The van der Waals surface area contributed by atoms with Gasteiger partial charge in [-0.05, 0) is 41.0 Å². The van der Waals surface area contributed by atoms with Crippen LogP contribution in [-0.2, 0) is 24.9 Å². The van der Waals surface area contributed by atoms with E-state index in [4.69, 9.17) is 9.72 Å². The maximum atomic E-state index is 13.8. The maximum Gasteiger partial charge on any atom is 0.410 e. The standard InChI is InChI=1S/C29H38N6O5/c1-20(2)13-16-34-23-24(30-26(34)32-14-10-15-33(18-17-32)28(39)40-29(3,4)5)31(6)27(38)35(25(23)37)19-22(36)21-11-8-7-9-12-21/h7-9,11-13H,10,14-19H2,1-6H3. The second-order valence-corrected chi connectivity index (χ2v) is 11.3. The van der Waals surface area contributed by atoms with Gasteiger partial charge in [-0.3, -0.25) is 18.7 Å². The lowest BCUT2D eigenvalue weighted by Crippen LogP contribution is -2.41. The highest BCUT2D eigenvalue weighted by molar-refractivity contribution is 5.96. The van der Waals surface area contributed by atoms with Crippen LogP contribution in [0.2, 0.25) is 0 Å². The number of carbonyl (C=O) groups is 2. The number of benzene rings is 1. The van der Waals surface area contributed by atoms with Crippen LogP contribution in [0.15, 0.2) is 51.6 Å². The van der Waals surface area contributed by atoms with Crippen molar-refractivity contribution in [1.29, 1.82) is 0 Å². The fourth-order valence-electron chi connectivity index (χ4n) is 4.67. The Morgan fingerprint density at radius 2 is 1.70 bits per heavy atom. The molecule has 0 atom stereocenters. The summed E-state index contributed by atoms with van der Waals surface area (Å²) in [6.45, 7) is 11.5. The predicted octanol–water partition coefficient (Wildman–Crippen LogP) is 3.19. The zero-order valence-electron chi connectivity index (χ0n) is 24.1. The van der Waals surface area contributed by atoms with Gasteiger partial charge in [0.15, 0.2) is 16.9 Å². The molecule has 2 aromatic heterocycles. The number of amides is 1. The van der Waals surface area contributed by atoms with Gasteiger partial charge >= 0.3 is 11.8 Å². The summed E-state index contributed by atoms with van der Waals surface area (Å²) in [4.78, 5) is 61.2. The number of allylic oxidation sites excluding steroid dienone is 2. The zero-order valence-corrected chi connectivity index (χ0v) is 24.1. The molecule has 4 rings (SSSR count). The van der Waals surface area contributed by atoms with Gasteiger partial charge in [-0.15, -0.1) is 0 Å². The number of aryl methyl sites for hydroxylation is 1. The third-order valence-electron chi connectivity index (χ3n) is 6.72. The number of rotatable bonds is 6. The molecule has 0 radical (unpaired) electrons. The molecule has 11 heteroatoms. The van der Waals surface area contributed by atoms with Crippen LogP contribution in [0.1, 0.15) is 51.4 Å². The molecule has 0 spiro atoms. The number of hydrogen-bond acceptors (Lipinski definition) is 7. The van der Waals surface area contributed by atoms with Crippen molar-refractivity contribution in [3.63, 3.8) is 0 Å². The van der Waals surface area contributed by atoms with Crippen molar-refractivity contribution in [3.05, 3.63) is 68.4 Å². The maximum absolute atomic E-state index is 13.8. The summed E-state index contributed by atoms with van der Waals surface area (Å²) in [7, 11) is 1.56. The summed E-state index contributed by atoms with van der Waals surface area (Å²) in [6, 6.07) is 8.60. The van der Waals surface area contributed by atoms with Gasteiger partial charge < -0.3 is 19.1 Å². The number of imidazole rings is 1. The minimum Gasteiger partial charge on any atom is -0.444 e. The fraction of sp³-hybridized carbons (Fsp3) is 0.483. The third-order valence-corrected chi connectivity index (χ3v) is 6.72. The van der Waals surface area contributed by atoms with Crippen molar-refractivity contribution in [2.24, 2.45) is 7.05 Å². The molecular formula is C29H38N6O5. The van der Waals surface area contributed by atoms with E-state index in [2.05, 4.69) is 0 Å². The van der Waals surface area contributed by atoms with Crippen LogP contribution in [0.25, 0.3) is 11.2 Å². The van der Waals surface area contributed by atoms with E-state index in [0.29, 0.717) is 50.7 Å². The summed E-state index contributed by atoms with van der Waals surface area (Å²) in [6.07, 6.45) is 2.31. The first kappa shape index (κ1) is 28.8. The Labute approximate surface area is 233 Å². The molecule has 0 aliphatic carbocycles. The van der Waals surface area contributed by atoms with Gasteiger partial charge in [0, 0.05) is 45.3 Å². The lowest BCUT2D eigenvalue weighted by molar-refractivity contribution is 0.0263. The molecule has 214 valence electrons. The molecule has 1 fully saturated rings. The SMILES string of the molecule is CC(C)=CCn1c(N2CCCN(C(=O)OC(C)(C)C)CC2)nc2c1c(=O)n(CC(=O)c1ccccc1)c(=O)n2C. The van der Waals surface area contributed by atoms with Gasteiger partial charge in [0.1, 0.15) is 5.60 Å². The van der Waals surface area contributed by atoms with Crippen molar-refractivity contribution in [1.82, 2.24) is 23.6 Å². The summed E-state index contributed by atoms with van der Waals surface area (Å²) < 4.78 is 9.67. The van der Waals surface area contributed by atoms with Crippen molar-refractivity contribution in [2.75, 3.05) is 31.1 Å². The van der Waals surface area contributed by atoms with E-state index >= 15 is 0 Å². The number of carbonyl (C=O) groups excluding carboxylic acids is 2. The number of anilines is 1. The number of ketones is 1. The number of hydrogen-bond donors (Lipinski definition) is 0. The predicted molar refractivity (Wildman–Crippen MR) is 154 cm³/mol. The van der Waals surface area contributed by atoms with E-state index in [1.165, 1.54) is 4.57 Å². The third kappa shape index (κ3) is 6.19. The number of ether oxygens (including phenoxy) is 1. The van der Waals surface area contributed by atoms with Gasteiger partial charge in [-0.1, -0.05) is 42.0 Å². The molecule has 1 aliphatic rings. The topological polar surface area (TPSA) is 112 Å². The Bertz CT molecular complexity index is 1550. The lowest BCUT2D eigenvalue weighted by Gasteiger charge is -2.26. The first-order valence-electron chi connectivity index (χ1n) is 13.5. The summed E-state index contributed by atoms with van der Waals surface area (Å²) in [5.41, 5.74) is 0.236. The van der Waals surface area contributed by atoms with E-state index < -0.39 is 16.9 Å². The molecule has 0 N–H and O–H groups in total. The molecule has 1 amide bonds. The number of aromatic nitrogens is 4. The largest absolute Gasteiger partial charge is 0.444 e. The van der Waals surface area contributed by atoms with Crippen LogP contribution < -0.4 is 16.1 Å². The Hall–Kier alpha value is -4.15. The number of fused-ring (bicyclic) bond motifs is 1. The lowest BCUT2D eigenvalue weighted by atomic mass is 10.1. The van der Waals surface area contributed by atoms with Gasteiger partial charge in [0.25, 0.3) is 5.56 Å². The van der Waals surface area contributed by atoms with Gasteiger partial charge in [-0.2, -0.15) is 4.98 Å². The van der Waals surface area contributed by atoms with Crippen molar-refractivity contribution < 1.29 is 14.3 Å². The van der Waals surface area contributed by atoms with Crippen molar-refractivity contribution >= 4 is 29.0 Å². The smallest absolute Gasteiger partial charge is 0.410 e. The highest BCUT2D eigenvalue weighted by Gasteiger charge is 2.28. The van der Waals surface area contributed by atoms with Crippen LogP contribution in [0.5, 0.6) is 0 Å². The van der Waals surface area contributed by atoms with Gasteiger partial charge in [-0.25, -0.2) is 9.59 Å². The monoisotopic (exact) mass is 550 g/mol. The summed E-state index contributed by atoms with van der Waals surface area (Å²) in [5, 5.41) is 0. The van der Waals surface area contributed by atoms with E-state index in [1.54, 1.807) is 46.8 Å². The Morgan fingerprint density at radius 1 is 1.00 bits per heavy atom. The van der Waals surface area contributed by atoms with E-state index in [1.807, 2.05) is 45.6 Å². The van der Waals surface area contributed by atoms with E-state index in [9.17, 15) is 19.2 Å². The van der Waals surface area contributed by atoms with Crippen LogP contribution >= 0.6 is 0 Å². The molecular weight excluding hydrogens is 512 g/mol. The highest BCUT2D eigenvalue weighted by Crippen LogP contribution is 2.22. The molecule has 40 heavy (non-hydrogen) atoms. The Kier molecular flexibility index (Phi) is 8.32. The summed E-state index contributed by atoms with van der Waals surface area (Å²) in [5.74, 6) is 0.210. The van der Waals surface area contributed by atoms with E-state index in [-0.39, 0.29) is 29.6 Å². The van der Waals surface area contributed by atoms with Crippen molar-refractivity contribution in [3.8, 4) is 0 Å². The molecule has 3 heterocycles. The van der Waals surface area contributed by atoms with E-state index in [0.717, 1.165) is 10.1 Å². The van der Waals surface area contributed by atoms with Crippen LogP contribution in [0, 0.1) is 0 Å². The Morgan fingerprint density at radius 3 is 2.35 bits per heavy atom. The second-order valence-electron chi connectivity index (χ2n) is 11.3. The average Bonchev–Trinajstić information content (AvgIpc) is 3.10. The minimum absolute atomic E-state index is 0.253. The quantitative estimate of drug-likeness (QED) is 0.342. The molecule has 3 aromatic rings. The summed E-state index contributed by atoms with van der Waals surface area (Å²) >= 11 is 0. The zero-order chi connectivity index (χ0) is 29.2.